The molecular formula is C26H30N3O3+. The van der Waals surface area contributed by atoms with Gasteiger partial charge in [0, 0.05) is 31.7 Å². The predicted octanol–water partition coefficient (Wildman–Crippen LogP) is 3.11. The van der Waals surface area contributed by atoms with E-state index in [2.05, 4.69) is 17.0 Å². The number of hydrogen-bond donors (Lipinski definition) is 1. The summed E-state index contributed by atoms with van der Waals surface area (Å²) in [4.78, 5) is 21.5. The lowest BCUT2D eigenvalue weighted by Gasteiger charge is -2.36. The Morgan fingerprint density at radius 3 is 2.25 bits per heavy atom. The van der Waals surface area contributed by atoms with E-state index in [0.717, 1.165) is 42.4 Å². The van der Waals surface area contributed by atoms with Crippen molar-refractivity contribution in [1.29, 1.82) is 0 Å². The highest BCUT2D eigenvalue weighted by Crippen LogP contribution is 2.32. The van der Waals surface area contributed by atoms with Crippen molar-refractivity contribution < 1.29 is 19.1 Å². The van der Waals surface area contributed by atoms with Crippen molar-refractivity contribution in [2.75, 3.05) is 26.7 Å². The van der Waals surface area contributed by atoms with Gasteiger partial charge in [-0.25, -0.2) is 14.8 Å². The summed E-state index contributed by atoms with van der Waals surface area (Å²) in [5, 5.41) is 11.6. The highest BCUT2D eigenvalue weighted by Gasteiger charge is 2.44. The molecule has 1 aliphatic heterocycles. The zero-order valence-corrected chi connectivity index (χ0v) is 18.4. The Morgan fingerprint density at radius 2 is 1.66 bits per heavy atom. The largest absolute Gasteiger partial charge is 0.457 e. The minimum Gasteiger partial charge on any atom is -0.457 e. The van der Waals surface area contributed by atoms with Gasteiger partial charge in [-0.2, -0.15) is 0 Å². The van der Waals surface area contributed by atoms with Gasteiger partial charge in [0.15, 0.2) is 0 Å². The van der Waals surface area contributed by atoms with Crippen LogP contribution in [-0.4, -0.2) is 58.3 Å². The minimum atomic E-state index is -1.84. The summed E-state index contributed by atoms with van der Waals surface area (Å²) < 4.78 is 6.65. The number of quaternary nitrogens is 1. The highest BCUT2D eigenvalue weighted by molar-refractivity contribution is 5.85. The highest BCUT2D eigenvalue weighted by atomic mass is 16.6. The first-order chi connectivity index (χ1) is 15.5. The summed E-state index contributed by atoms with van der Waals surface area (Å²) in [6.07, 6.45) is 8.20. The Hall–Kier alpha value is -3.09. The number of likely N-dealkylation sites (N-methyl/N-ethyl adjacent to an activating group) is 1. The molecule has 0 aliphatic carbocycles. The summed E-state index contributed by atoms with van der Waals surface area (Å²) >= 11 is 0. The van der Waals surface area contributed by atoms with Crippen LogP contribution < -0.4 is 0 Å². The number of likely N-dealkylation sites (tertiary alicyclic amines) is 1. The maximum atomic E-state index is 13.3. The Balaban J connectivity index is 1.48. The van der Waals surface area contributed by atoms with Crippen LogP contribution in [0.15, 0.2) is 79.4 Å². The molecule has 1 saturated heterocycles. The fourth-order valence-corrected chi connectivity index (χ4v) is 4.62. The second-order valence-corrected chi connectivity index (χ2v) is 8.76. The number of carbonyl (C=O) groups is 1. The van der Waals surface area contributed by atoms with Gasteiger partial charge in [-0.1, -0.05) is 60.7 Å². The van der Waals surface area contributed by atoms with Crippen LogP contribution in [0.4, 0.5) is 0 Å². The molecule has 0 saturated carbocycles. The van der Waals surface area contributed by atoms with Gasteiger partial charge in [0.05, 0.1) is 20.1 Å². The molecule has 6 heteroatoms. The fraction of sp³-hybridized carbons (Fsp3) is 0.346. The van der Waals surface area contributed by atoms with Crippen LogP contribution in [0.1, 0.15) is 29.5 Å². The van der Waals surface area contributed by atoms with Gasteiger partial charge in [-0.05, 0) is 16.7 Å². The zero-order valence-electron chi connectivity index (χ0n) is 18.4. The van der Waals surface area contributed by atoms with Gasteiger partial charge < -0.3 is 14.3 Å². The van der Waals surface area contributed by atoms with Crippen molar-refractivity contribution in [1.82, 2.24) is 9.97 Å². The van der Waals surface area contributed by atoms with E-state index in [1.54, 1.807) is 30.6 Å². The third-order valence-corrected chi connectivity index (χ3v) is 6.70. The van der Waals surface area contributed by atoms with Crippen LogP contribution in [0.5, 0.6) is 0 Å². The van der Waals surface area contributed by atoms with Crippen LogP contribution in [0.2, 0.25) is 0 Å². The predicted molar refractivity (Wildman–Crippen MR) is 122 cm³/mol. The van der Waals surface area contributed by atoms with E-state index in [-0.39, 0.29) is 12.6 Å². The molecule has 1 fully saturated rings. The molecule has 2 atom stereocenters. The average Bonchev–Trinajstić information content (AvgIpc) is 3.23. The first kappa shape index (κ1) is 22.1. The smallest absolute Gasteiger partial charge is 0.347 e. The van der Waals surface area contributed by atoms with Gasteiger partial charge >= 0.3 is 5.97 Å². The van der Waals surface area contributed by atoms with E-state index in [0.29, 0.717) is 11.1 Å². The summed E-state index contributed by atoms with van der Waals surface area (Å²) in [7, 11) is 2.22. The molecule has 4 rings (SSSR count). The SMILES string of the molecule is C[N@+]1(CCc2cncnc2)CCCC1COC(=O)C(O)(c1ccccc1)c1ccccc1. The van der Waals surface area contributed by atoms with E-state index in [1.165, 1.54) is 0 Å². The molecule has 0 radical (unpaired) electrons. The molecule has 1 N–H and O–H groups in total. The average molecular weight is 433 g/mol. The molecule has 32 heavy (non-hydrogen) atoms. The van der Waals surface area contributed by atoms with Crippen molar-refractivity contribution in [2.45, 2.75) is 30.9 Å². The zero-order chi connectivity index (χ0) is 22.4. The standard InChI is InChI=1S/C26H30N3O3/c1-29(16-14-21-17-27-20-28-18-21)15-8-13-24(29)19-32-25(30)26(31,22-9-4-2-5-10-22)23-11-6-3-7-12-23/h2-7,9-12,17-18,20,24,31H,8,13-16,19H2,1H3/q+1/t24?,29-/m1/s1. The van der Waals surface area contributed by atoms with Crippen LogP contribution >= 0.6 is 0 Å². The lowest BCUT2D eigenvalue weighted by atomic mass is 9.86. The number of nitrogens with zero attached hydrogens (tertiary/aromatic N) is 3. The summed E-state index contributed by atoms with van der Waals surface area (Å²) in [6, 6.07) is 18.2. The van der Waals surface area contributed by atoms with Crippen molar-refractivity contribution in [3.8, 4) is 0 Å². The van der Waals surface area contributed by atoms with E-state index in [1.807, 2.05) is 48.8 Å². The van der Waals surface area contributed by atoms with Crippen LogP contribution in [-0.2, 0) is 21.6 Å². The van der Waals surface area contributed by atoms with Gasteiger partial charge in [0.1, 0.15) is 19.0 Å². The number of benzene rings is 2. The fourth-order valence-electron chi connectivity index (χ4n) is 4.62. The minimum absolute atomic E-state index is 0.194. The third-order valence-electron chi connectivity index (χ3n) is 6.70. The number of carbonyl (C=O) groups excluding carboxylic acids is 1. The molecule has 2 aromatic carbocycles. The number of ether oxygens (including phenoxy) is 1. The lowest BCUT2D eigenvalue weighted by molar-refractivity contribution is -0.921. The Morgan fingerprint density at radius 1 is 1.06 bits per heavy atom. The van der Waals surface area contributed by atoms with Gasteiger partial charge in [0.2, 0.25) is 5.60 Å². The van der Waals surface area contributed by atoms with E-state index in [4.69, 9.17) is 4.74 Å². The molecule has 0 spiro atoms. The topological polar surface area (TPSA) is 72.3 Å². The molecule has 1 aliphatic rings. The Kier molecular flexibility index (Phi) is 6.63. The van der Waals surface area contributed by atoms with Crippen LogP contribution in [0, 0.1) is 0 Å². The molecule has 2 heterocycles. The van der Waals surface area contributed by atoms with E-state index < -0.39 is 11.6 Å². The van der Waals surface area contributed by atoms with Crippen LogP contribution in [0.25, 0.3) is 0 Å². The second-order valence-electron chi connectivity index (χ2n) is 8.76. The van der Waals surface area contributed by atoms with Gasteiger partial charge in [-0.15, -0.1) is 0 Å². The Labute approximate surface area is 189 Å². The maximum absolute atomic E-state index is 13.3. The number of aromatic nitrogens is 2. The monoisotopic (exact) mass is 432 g/mol. The molecule has 0 bridgehead atoms. The lowest BCUT2D eigenvalue weighted by Crippen LogP contribution is -2.52. The maximum Gasteiger partial charge on any atom is 0.347 e. The van der Waals surface area contributed by atoms with E-state index >= 15 is 0 Å². The molecule has 6 nitrogen and oxygen atoms in total. The van der Waals surface area contributed by atoms with Crippen molar-refractivity contribution in [3.63, 3.8) is 0 Å². The third kappa shape index (κ3) is 4.56. The Bertz CT molecular complexity index is 975. The van der Waals surface area contributed by atoms with Crippen molar-refractivity contribution in [3.05, 3.63) is 96.1 Å². The van der Waals surface area contributed by atoms with Gasteiger partial charge in [0.25, 0.3) is 0 Å². The van der Waals surface area contributed by atoms with Gasteiger partial charge in [-0.3, -0.25) is 0 Å². The van der Waals surface area contributed by atoms with Crippen molar-refractivity contribution in [2.24, 2.45) is 0 Å². The number of esters is 1. The van der Waals surface area contributed by atoms with E-state index in [9.17, 15) is 9.90 Å². The second kappa shape index (κ2) is 9.59. The van der Waals surface area contributed by atoms with Crippen molar-refractivity contribution >= 4 is 5.97 Å². The molecule has 1 unspecified atom stereocenters. The molecular weight excluding hydrogens is 402 g/mol. The summed E-state index contributed by atoms with van der Waals surface area (Å²) in [5.74, 6) is -0.634. The molecule has 166 valence electrons. The quantitative estimate of drug-likeness (QED) is 0.437. The number of rotatable bonds is 8. The normalized spacial score (nSPS) is 20.8. The first-order valence-electron chi connectivity index (χ1n) is 11.1. The van der Waals surface area contributed by atoms with Crippen LogP contribution in [0.3, 0.4) is 0 Å². The molecule has 0 amide bonds. The molecule has 1 aromatic heterocycles. The summed E-state index contributed by atoms with van der Waals surface area (Å²) in [5.41, 5.74) is 0.274. The molecule has 3 aromatic rings. The number of aliphatic hydroxyl groups is 1. The number of hydrogen-bond acceptors (Lipinski definition) is 5. The summed E-state index contributed by atoms with van der Waals surface area (Å²) in [6.45, 7) is 2.25. The first-order valence-corrected chi connectivity index (χ1v) is 11.1.